The van der Waals surface area contributed by atoms with E-state index < -0.39 is 0 Å². The van der Waals surface area contributed by atoms with Crippen molar-refractivity contribution in [1.82, 2.24) is 4.90 Å². The molecule has 0 heterocycles. The first-order valence-corrected chi connectivity index (χ1v) is 10.1. The Labute approximate surface area is 163 Å². The van der Waals surface area contributed by atoms with Crippen LogP contribution in [-0.4, -0.2) is 36.9 Å². The summed E-state index contributed by atoms with van der Waals surface area (Å²) in [4.78, 5) is 15.0. The third-order valence-corrected chi connectivity index (χ3v) is 5.98. The Hall–Kier alpha value is -1.65. The van der Waals surface area contributed by atoms with Gasteiger partial charge in [0, 0.05) is 28.2 Å². The van der Waals surface area contributed by atoms with E-state index in [2.05, 4.69) is 27.9 Å². The molecule has 2 saturated carbocycles. The van der Waals surface area contributed by atoms with E-state index in [9.17, 15) is 4.79 Å². The van der Waals surface area contributed by atoms with Gasteiger partial charge in [-0.3, -0.25) is 4.79 Å². The first-order valence-electron chi connectivity index (χ1n) is 9.33. The highest BCUT2D eigenvalue weighted by Crippen LogP contribution is 2.41. The van der Waals surface area contributed by atoms with Gasteiger partial charge in [0.2, 0.25) is 0 Å². The van der Waals surface area contributed by atoms with Gasteiger partial charge in [-0.05, 0) is 86.7 Å². The van der Waals surface area contributed by atoms with Gasteiger partial charge in [0.25, 0.3) is 0 Å². The first kappa shape index (κ1) is 17.7. The maximum absolute atomic E-state index is 12.5. The van der Waals surface area contributed by atoms with Crippen LogP contribution in [0.25, 0.3) is 0 Å². The second-order valence-corrected chi connectivity index (χ2v) is 8.51. The molecule has 136 valence electrons. The lowest BCUT2D eigenvalue weighted by Gasteiger charge is -2.15. The second-order valence-electron chi connectivity index (χ2n) is 7.60. The molecule has 2 aliphatic carbocycles. The molecule has 2 fully saturated rings. The van der Waals surface area contributed by atoms with E-state index in [1.54, 1.807) is 0 Å². The monoisotopic (exact) mass is 413 g/mol. The fourth-order valence-electron chi connectivity index (χ4n) is 3.45. The van der Waals surface area contributed by atoms with Crippen molar-refractivity contribution in [2.45, 2.75) is 25.3 Å². The van der Waals surface area contributed by atoms with Gasteiger partial charge in [-0.1, -0.05) is 15.9 Å². The van der Waals surface area contributed by atoms with Crippen LogP contribution >= 0.6 is 15.9 Å². The summed E-state index contributed by atoms with van der Waals surface area (Å²) in [6.45, 7) is 1.99. The summed E-state index contributed by atoms with van der Waals surface area (Å²) in [5.74, 6) is 2.35. The fourth-order valence-corrected chi connectivity index (χ4v) is 3.71. The Balaban J connectivity index is 1.27. The molecule has 2 atom stereocenters. The van der Waals surface area contributed by atoms with Crippen LogP contribution in [-0.2, 0) is 0 Å². The van der Waals surface area contributed by atoms with E-state index in [0.29, 0.717) is 17.0 Å². The molecule has 0 spiro atoms. The smallest absolute Gasteiger partial charge is 0.193 e. The van der Waals surface area contributed by atoms with Crippen molar-refractivity contribution in [1.29, 1.82) is 0 Å². The molecule has 3 nitrogen and oxygen atoms in total. The number of ketones is 1. The fraction of sp³-hybridized carbons (Fsp3) is 0.409. The number of carbonyl (C=O) groups excluding carboxylic acids is 1. The van der Waals surface area contributed by atoms with Gasteiger partial charge in [0.05, 0.1) is 6.61 Å². The molecular formula is C22H24BrNO2. The molecule has 0 saturated heterocycles. The van der Waals surface area contributed by atoms with E-state index in [-0.39, 0.29) is 5.78 Å². The Morgan fingerprint density at radius 1 is 1.04 bits per heavy atom. The standard InChI is InChI=1S/C22H24BrNO2/c1-24(20-8-9-20)13-17-12-18(17)14-26-21-10-4-16(5-11-21)22(25)15-2-6-19(23)7-3-15/h2-7,10-11,17-18,20H,8-9,12-14H2,1H3/t17-,18-/m1/s1. The zero-order valence-corrected chi connectivity index (χ0v) is 16.6. The molecule has 4 rings (SSSR count). The third-order valence-electron chi connectivity index (χ3n) is 5.45. The van der Waals surface area contributed by atoms with E-state index >= 15 is 0 Å². The van der Waals surface area contributed by atoms with Crippen LogP contribution in [0.2, 0.25) is 0 Å². The number of hydrogen-bond donors (Lipinski definition) is 0. The lowest BCUT2D eigenvalue weighted by molar-refractivity contribution is 0.103. The van der Waals surface area contributed by atoms with E-state index in [4.69, 9.17) is 4.74 Å². The second kappa shape index (κ2) is 7.53. The van der Waals surface area contributed by atoms with E-state index in [0.717, 1.165) is 28.8 Å². The molecule has 0 aromatic heterocycles. The highest BCUT2D eigenvalue weighted by atomic mass is 79.9. The summed E-state index contributed by atoms with van der Waals surface area (Å²) in [5.41, 5.74) is 1.39. The number of benzene rings is 2. The van der Waals surface area contributed by atoms with Crippen LogP contribution in [0, 0.1) is 11.8 Å². The molecule has 2 aromatic carbocycles. The molecule has 0 N–H and O–H groups in total. The molecule has 0 aliphatic heterocycles. The Bertz CT molecular complexity index is 768. The molecule has 0 radical (unpaired) electrons. The van der Waals surface area contributed by atoms with Crippen LogP contribution in [0.1, 0.15) is 35.2 Å². The number of ether oxygens (including phenoxy) is 1. The van der Waals surface area contributed by atoms with Gasteiger partial charge >= 0.3 is 0 Å². The van der Waals surface area contributed by atoms with Gasteiger partial charge in [0.1, 0.15) is 5.75 Å². The van der Waals surface area contributed by atoms with Gasteiger partial charge in [0.15, 0.2) is 5.78 Å². The molecule has 4 heteroatoms. The molecule has 2 aliphatic rings. The molecule has 0 amide bonds. The minimum Gasteiger partial charge on any atom is -0.493 e. The van der Waals surface area contributed by atoms with Crippen LogP contribution in [0.15, 0.2) is 53.0 Å². The maximum atomic E-state index is 12.5. The lowest BCUT2D eigenvalue weighted by atomic mass is 10.0. The largest absolute Gasteiger partial charge is 0.493 e. The number of rotatable bonds is 8. The normalized spacial score (nSPS) is 21.7. The highest BCUT2D eigenvalue weighted by molar-refractivity contribution is 9.10. The quantitative estimate of drug-likeness (QED) is 0.582. The molecule has 26 heavy (non-hydrogen) atoms. The predicted molar refractivity (Wildman–Crippen MR) is 107 cm³/mol. The van der Waals surface area contributed by atoms with E-state index in [1.165, 1.54) is 25.8 Å². The van der Waals surface area contributed by atoms with Crippen molar-refractivity contribution in [2.75, 3.05) is 20.2 Å². The summed E-state index contributed by atoms with van der Waals surface area (Å²) in [6, 6.07) is 15.8. The van der Waals surface area contributed by atoms with Crippen molar-refractivity contribution in [3.8, 4) is 5.75 Å². The van der Waals surface area contributed by atoms with Gasteiger partial charge in [-0.2, -0.15) is 0 Å². The minimum absolute atomic E-state index is 0.0365. The number of nitrogens with zero attached hydrogens (tertiary/aromatic N) is 1. The number of carbonyl (C=O) groups is 1. The average molecular weight is 414 g/mol. The van der Waals surface area contributed by atoms with Crippen molar-refractivity contribution < 1.29 is 9.53 Å². The number of hydrogen-bond acceptors (Lipinski definition) is 3. The lowest BCUT2D eigenvalue weighted by Crippen LogP contribution is -2.24. The zero-order chi connectivity index (χ0) is 18.1. The topological polar surface area (TPSA) is 29.5 Å². The van der Waals surface area contributed by atoms with Crippen LogP contribution in [0.4, 0.5) is 0 Å². The summed E-state index contributed by atoms with van der Waals surface area (Å²) in [7, 11) is 2.25. The van der Waals surface area contributed by atoms with Crippen LogP contribution < -0.4 is 4.74 Å². The number of halogens is 1. The Kier molecular flexibility index (Phi) is 5.14. The van der Waals surface area contributed by atoms with Crippen LogP contribution in [0.3, 0.4) is 0 Å². The molecule has 2 aromatic rings. The first-order chi connectivity index (χ1) is 12.6. The minimum atomic E-state index is 0.0365. The SMILES string of the molecule is CN(C[C@H]1C[C@@H]1COc1ccc(C(=O)c2ccc(Br)cc2)cc1)C1CC1. The van der Waals surface area contributed by atoms with Crippen molar-refractivity contribution in [3.05, 3.63) is 64.1 Å². The van der Waals surface area contributed by atoms with Gasteiger partial charge in [-0.15, -0.1) is 0 Å². The Morgan fingerprint density at radius 3 is 2.27 bits per heavy atom. The van der Waals surface area contributed by atoms with Crippen molar-refractivity contribution in [2.24, 2.45) is 11.8 Å². The zero-order valence-electron chi connectivity index (χ0n) is 15.0. The maximum Gasteiger partial charge on any atom is 0.193 e. The predicted octanol–water partition coefficient (Wildman–Crippen LogP) is 4.79. The van der Waals surface area contributed by atoms with Crippen LogP contribution in [0.5, 0.6) is 5.75 Å². The summed E-state index contributed by atoms with van der Waals surface area (Å²) >= 11 is 3.39. The molecule has 0 unspecified atom stereocenters. The third kappa shape index (κ3) is 4.36. The molecular weight excluding hydrogens is 390 g/mol. The molecule has 0 bridgehead atoms. The van der Waals surface area contributed by atoms with E-state index in [1.807, 2.05) is 48.5 Å². The van der Waals surface area contributed by atoms with Gasteiger partial charge in [-0.25, -0.2) is 0 Å². The van der Waals surface area contributed by atoms with Crippen molar-refractivity contribution in [3.63, 3.8) is 0 Å². The summed E-state index contributed by atoms with van der Waals surface area (Å²) < 4.78 is 6.91. The Morgan fingerprint density at radius 2 is 1.65 bits per heavy atom. The van der Waals surface area contributed by atoms with Gasteiger partial charge < -0.3 is 9.64 Å². The van der Waals surface area contributed by atoms with Crippen molar-refractivity contribution >= 4 is 21.7 Å². The summed E-state index contributed by atoms with van der Waals surface area (Å²) in [5, 5.41) is 0. The average Bonchev–Trinajstić information content (AvgIpc) is 3.56. The summed E-state index contributed by atoms with van der Waals surface area (Å²) in [6.07, 6.45) is 4.02. The highest BCUT2D eigenvalue weighted by Gasteiger charge is 2.40.